The minimum absolute atomic E-state index is 0.0776. The van der Waals surface area contributed by atoms with Crippen molar-refractivity contribution in [2.24, 2.45) is 0 Å². The number of nitrogens with one attached hydrogen (secondary N) is 2. The highest BCUT2D eigenvalue weighted by molar-refractivity contribution is 7.18. The van der Waals surface area contributed by atoms with Gasteiger partial charge in [-0.2, -0.15) is 0 Å². The van der Waals surface area contributed by atoms with E-state index in [0.717, 1.165) is 25.7 Å². The van der Waals surface area contributed by atoms with Crippen LogP contribution in [0.3, 0.4) is 0 Å². The summed E-state index contributed by atoms with van der Waals surface area (Å²) in [6.45, 7) is 5.52. The predicted octanol–water partition coefficient (Wildman–Crippen LogP) is 5.51. The highest BCUT2D eigenvalue weighted by Crippen LogP contribution is 2.34. The van der Waals surface area contributed by atoms with E-state index in [2.05, 4.69) is 15.6 Å². The Morgan fingerprint density at radius 1 is 1.13 bits per heavy atom. The molecule has 0 atom stereocenters. The second kappa shape index (κ2) is 9.63. The maximum absolute atomic E-state index is 12.9. The maximum atomic E-state index is 12.9. The number of benzene rings is 1. The molecule has 1 aromatic heterocycles. The summed E-state index contributed by atoms with van der Waals surface area (Å²) in [5, 5.41) is 7.40. The smallest absolute Gasteiger partial charge is 0.407 e. The van der Waals surface area contributed by atoms with E-state index in [1.54, 1.807) is 18.2 Å². The third kappa shape index (κ3) is 6.24. The summed E-state index contributed by atoms with van der Waals surface area (Å²) in [5.74, 6) is -0.197. The SMILES string of the molecule is CC(C)(C)OC(=O)N[C@H]1CC[C@H](Nc2nc(N)c(C(=O)c3c(Cl)cccc3Cl)s2)CC1. The molecular weight excluding hydrogens is 459 g/mol. The fourth-order valence-electron chi connectivity index (χ4n) is 3.42. The van der Waals surface area contributed by atoms with Crippen molar-refractivity contribution in [3.63, 3.8) is 0 Å². The lowest BCUT2D eigenvalue weighted by Gasteiger charge is -2.30. The molecule has 0 bridgehead atoms. The van der Waals surface area contributed by atoms with Gasteiger partial charge in [-0.25, -0.2) is 9.78 Å². The van der Waals surface area contributed by atoms with E-state index < -0.39 is 11.7 Å². The van der Waals surface area contributed by atoms with Gasteiger partial charge in [0.25, 0.3) is 0 Å². The second-order valence-electron chi connectivity index (χ2n) is 8.50. The first kappa shape index (κ1) is 23.6. The summed E-state index contributed by atoms with van der Waals surface area (Å²) in [6.07, 6.45) is 2.94. The van der Waals surface area contributed by atoms with Gasteiger partial charge in [-0.3, -0.25) is 4.79 Å². The third-order valence-corrected chi connectivity index (χ3v) is 6.46. The van der Waals surface area contributed by atoms with E-state index in [-0.39, 0.29) is 39.3 Å². The quantitative estimate of drug-likeness (QED) is 0.482. The van der Waals surface area contributed by atoms with Gasteiger partial charge in [-0.05, 0) is 58.6 Å². The van der Waals surface area contributed by atoms with Crippen LogP contribution < -0.4 is 16.4 Å². The Bertz CT molecular complexity index is 946. The second-order valence-corrected chi connectivity index (χ2v) is 10.3. The molecule has 0 unspecified atom stereocenters. The van der Waals surface area contributed by atoms with Gasteiger partial charge in [0.2, 0.25) is 5.78 Å². The molecule has 7 nitrogen and oxygen atoms in total. The van der Waals surface area contributed by atoms with Gasteiger partial charge in [-0.1, -0.05) is 40.6 Å². The van der Waals surface area contributed by atoms with Crippen LogP contribution in [0.4, 0.5) is 15.7 Å². The molecule has 0 aliphatic heterocycles. The lowest BCUT2D eigenvalue weighted by atomic mass is 9.91. The summed E-state index contributed by atoms with van der Waals surface area (Å²) in [5.41, 5.74) is 5.71. The van der Waals surface area contributed by atoms with Crippen LogP contribution in [0.2, 0.25) is 10.0 Å². The van der Waals surface area contributed by atoms with Crippen LogP contribution in [0.15, 0.2) is 18.2 Å². The van der Waals surface area contributed by atoms with Crippen molar-refractivity contribution in [3.8, 4) is 0 Å². The van der Waals surface area contributed by atoms with Crippen LogP contribution in [-0.2, 0) is 4.74 Å². The molecule has 2 aromatic rings. The number of hydrogen-bond acceptors (Lipinski definition) is 7. The molecule has 0 saturated heterocycles. The van der Waals surface area contributed by atoms with Gasteiger partial charge in [0.05, 0.1) is 15.6 Å². The molecule has 0 spiro atoms. The van der Waals surface area contributed by atoms with Crippen molar-refractivity contribution in [3.05, 3.63) is 38.7 Å². The Kier molecular flexibility index (Phi) is 7.34. The molecule has 1 aliphatic carbocycles. The number of thiazole rings is 1. The number of halogens is 2. The number of rotatable bonds is 5. The molecular formula is C21H26Cl2N4O3S. The molecule has 0 radical (unpaired) electrons. The zero-order chi connectivity index (χ0) is 22.8. The Balaban J connectivity index is 1.58. The first-order chi connectivity index (χ1) is 14.5. The fourth-order valence-corrected chi connectivity index (χ4v) is 4.89. The minimum Gasteiger partial charge on any atom is -0.444 e. The maximum Gasteiger partial charge on any atom is 0.407 e. The summed E-state index contributed by atoms with van der Waals surface area (Å²) in [7, 11) is 0. The van der Waals surface area contributed by atoms with Crippen molar-refractivity contribution < 1.29 is 14.3 Å². The largest absolute Gasteiger partial charge is 0.444 e. The van der Waals surface area contributed by atoms with Crippen LogP contribution >= 0.6 is 34.5 Å². The van der Waals surface area contributed by atoms with Crippen molar-refractivity contribution in [2.75, 3.05) is 11.1 Å². The number of hydrogen-bond donors (Lipinski definition) is 3. The number of carbonyl (C=O) groups is 2. The fraction of sp³-hybridized carbons (Fsp3) is 0.476. The molecule has 1 amide bonds. The number of amides is 1. The first-order valence-corrected chi connectivity index (χ1v) is 11.6. The van der Waals surface area contributed by atoms with Gasteiger partial charge >= 0.3 is 6.09 Å². The highest BCUT2D eigenvalue weighted by Gasteiger charge is 2.27. The minimum atomic E-state index is -0.517. The van der Waals surface area contributed by atoms with E-state index in [1.165, 1.54) is 11.3 Å². The van der Waals surface area contributed by atoms with Crippen LogP contribution in [-0.4, -0.2) is 34.5 Å². The molecule has 1 saturated carbocycles. The Hall–Kier alpha value is -2.03. The summed E-state index contributed by atoms with van der Waals surface area (Å²) < 4.78 is 5.32. The number of carbonyl (C=O) groups excluding carboxylic acids is 2. The molecule has 1 aliphatic rings. The van der Waals surface area contributed by atoms with Crippen molar-refractivity contribution in [2.45, 2.75) is 64.1 Å². The number of nitrogens with zero attached hydrogens (tertiary/aromatic N) is 1. The van der Waals surface area contributed by atoms with Gasteiger partial charge < -0.3 is 21.1 Å². The number of ketones is 1. The predicted molar refractivity (Wildman–Crippen MR) is 125 cm³/mol. The average Bonchev–Trinajstić information content (AvgIpc) is 3.01. The van der Waals surface area contributed by atoms with Gasteiger partial charge in [-0.15, -0.1) is 0 Å². The van der Waals surface area contributed by atoms with E-state index in [9.17, 15) is 9.59 Å². The van der Waals surface area contributed by atoms with Crippen LogP contribution in [0, 0.1) is 0 Å². The lowest BCUT2D eigenvalue weighted by Crippen LogP contribution is -2.42. The number of nitrogen functional groups attached to an aromatic ring is 1. The molecule has 168 valence electrons. The third-order valence-electron chi connectivity index (χ3n) is 4.83. The van der Waals surface area contributed by atoms with Gasteiger partial charge in [0, 0.05) is 12.1 Å². The van der Waals surface area contributed by atoms with Crippen LogP contribution in [0.25, 0.3) is 0 Å². The van der Waals surface area contributed by atoms with Gasteiger partial charge in [0.15, 0.2) is 5.13 Å². The monoisotopic (exact) mass is 484 g/mol. The molecule has 1 fully saturated rings. The highest BCUT2D eigenvalue weighted by atomic mass is 35.5. The normalized spacial score (nSPS) is 19.0. The lowest BCUT2D eigenvalue weighted by molar-refractivity contribution is 0.0492. The summed E-state index contributed by atoms with van der Waals surface area (Å²) in [4.78, 5) is 29.5. The number of alkyl carbamates (subject to hydrolysis) is 1. The molecule has 1 heterocycles. The first-order valence-electron chi connectivity index (χ1n) is 10.0. The zero-order valence-corrected chi connectivity index (χ0v) is 20.0. The number of nitrogens with two attached hydrogens (primary N) is 1. The summed E-state index contributed by atoms with van der Waals surface area (Å²) in [6, 6.07) is 5.16. The number of anilines is 2. The van der Waals surface area contributed by atoms with E-state index in [0.29, 0.717) is 10.0 Å². The Morgan fingerprint density at radius 2 is 1.71 bits per heavy atom. The Labute approximate surface area is 195 Å². The summed E-state index contributed by atoms with van der Waals surface area (Å²) >= 11 is 13.5. The van der Waals surface area contributed by atoms with Crippen molar-refractivity contribution in [1.29, 1.82) is 0 Å². The molecule has 31 heavy (non-hydrogen) atoms. The van der Waals surface area contributed by atoms with E-state index in [4.69, 9.17) is 33.7 Å². The molecule has 3 rings (SSSR count). The van der Waals surface area contributed by atoms with Gasteiger partial charge in [0.1, 0.15) is 16.3 Å². The van der Waals surface area contributed by atoms with Crippen molar-refractivity contribution >= 4 is 57.4 Å². The number of aromatic nitrogens is 1. The van der Waals surface area contributed by atoms with E-state index in [1.807, 2.05) is 20.8 Å². The zero-order valence-electron chi connectivity index (χ0n) is 17.6. The van der Waals surface area contributed by atoms with E-state index >= 15 is 0 Å². The topological polar surface area (TPSA) is 106 Å². The van der Waals surface area contributed by atoms with Crippen molar-refractivity contribution in [1.82, 2.24) is 10.3 Å². The van der Waals surface area contributed by atoms with Crippen LogP contribution in [0.1, 0.15) is 61.7 Å². The molecule has 1 aromatic carbocycles. The standard InChI is InChI=1S/C21H26Cl2N4O3S/c1-21(2,3)30-20(29)26-12-9-7-11(8-10-12)25-19-27-18(24)17(31-19)16(28)15-13(22)5-4-6-14(15)23/h4-6,11-12H,7-10,24H2,1-3H3,(H,25,27)(H,26,29)/t11-,12-. The van der Waals surface area contributed by atoms with Crippen LogP contribution in [0.5, 0.6) is 0 Å². The molecule has 10 heteroatoms. The Morgan fingerprint density at radius 3 is 2.29 bits per heavy atom. The average molecular weight is 485 g/mol. The molecule has 4 N–H and O–H groups in total. The number of ether oxygens (including phenoxy) is 1.